The van der Waals surface area contributed by atoms with Crippen molar-refractivity contribution in [2.75, 3.05) is 0 Å². The second kappa shape index (κ2) is 11.8. The zero-order chi connectivity index (χ0) is 30.7. The van der Waals surface area contributed by atoms with E-state index in [0.29, 0.717) is 11.5 Å². The molecule has 0 aliphatic heterocycles. The van der Waals surface area contributed by atoms with Crippen LogP contribution in [0.4, 0.5) is 0 Å². The molecule has 2 heterocycles. The molecule has 228 valence electrons. The van der Waals surface area contributed by atoms with Crippen LogP contribution in [-0.2, 0) is 21.1 Å². The van der Waals surface area contributed by atoms with E-state index in [0.717, 1.165) is 44.7 Å². The number of hydrogen-bond acceptors (Lipinski definition) is 2. The van der Waals surface area contributed by atoms with E-state index >= 15 is 0 Å². The molecule has 0 unspecified atom stereocenters. The summed E-state index contributed by atoms with van der Waals surface area (Å²) in [6.07, 6.45) is 0. The van der Waals surface area contributed by atoms with E-state index in [1.807, 2.05) is 22.9 Å². The predicted molar refractivity (Wildman–Crippen MR) is 180 cm³/mol. The van der Waals surface area contributed by atoms with Crippen LogP contribution in [0.3, 0.4) is 0 Å². The van der Waals surface area contributed by atoms with Crippen LogP contribution >= 0.6 is 0 Å². The van der Waals surface area contributed by atoms with Gasteiger partial charge in [-0.1, -0.05) is 60.9 Å². The van der Waals surface area contributed by atoms with Crippen molar-refractivity contribution in [3.63, 3.8) is 0 Å². The zero-order valence-corrected chi connectivity index (χ0v) is 28.8. The summed E-state index contributed by atoms with van der Waals surface area (Å²) in [5, 5.41) is 7.27. The molecule has 0 radical (unpaired) electrons. The molecule has 0 spiro atoms. The van der Waals surface area contributed by atoms with Gasteiger partial charge >= 0.3 is 0 Å². The summed E-state index contributed by atoms with van der Waals surface area (Å²) in [7, 11) is 0. The van der Waals surface area contributed by atoms with Gasteiger partial charge in [0.1, 0.15) is 0 Å². The first-order valence-corrected chi connectivity index (χ1v) is 15.0. The quantitative estimate of drug-likeness (QED) is 0.164. The Morgan fingerprint density at radius 3 is 2.11 bits per heavy atom. The van der Waals surface area contributed by atoms with E-state index in [4.69, 9.17) is 9.84 Å². The molecular formula is C40H34N3OPt-3. The third-order valence-corrected chi connectivity index (χ3v) is 8.38. The minimum absolute atomic E-state index is 0. The fourth-order valence-corrected chi connectivity index (χ4v) is 6.64. The van der Waals surface area contributed by atoms with Crippen molar-refractivity contribution in [3.05, 3.63) is 136 Å². The molecule has 0 saturated carbocycles. The number of aryl methyl sites for hydroxylation is 6. The number of para-hydroxylation sites is 1. The smallest absolute Gasteiger partial charge is 0.0678 e. The van der Waals surface area contributed by atoms with Crippen LogP contribution in [0.5, 0.6) is 11.5 Å². The molecule has 0 N–H and O–H groups in total. The fourth-order valence-electron chi connectivity index (χ4n) is 6.64. The van der Waals surface area contributed by atoms with Crippen LogP contribution in [0, 0.1) is 66.7 Å². The van der Waals surface area contributed by atoms with E-state index in [1.54, 1.807) is 0 Å². The van der Waals surface area contributed by atoms with Crippen LogP contribution in [-0.4, -0.2) is 14.3 Å². The Kier molecular flexibility index (Phi) is 8.05. The summed E-state index contributed by atoms with van der Waals surface area (Å²) in [6.45, 7) is 14.9. The largest absolute Gasteiger partial charge is 0.509 e. The molecule has 0 aliphatic rings. The fraction of sp³-hybridized carbons (Fsp3) is 0.175. The normalized spacial score (nSPS) is 11.3. The van der Waals surface area contributed by atoms with Gasteiger partial charge in [0.05, 0.1) is 5.69 Å². The van der Waals surface area contributed by atoms with Gasteiger partial charge in [0, 0.05) is 49.3 Å². The van der Waals surface area contributed by atoms with Crippen LogP contribution in [0.25, 0.3) is 44.3 Å². The number of hydrogen-bond donors (Lipinski definition) is 0. The molecule has 0 aliphatic carbocycles. The monoisotopic (exact) mass is 767 g/mol. The summed E-state index contributed by atoms with van der Waals surface area (Å²) >= 11 is 0. The van der Waals surface area contributed by atoms with Gasteiger partial charge in [-0.05, 0) is 68.4 Å². The zero-order valence-electron chi connectivity index (χ0n) is 26.6. The molecule has 45 heavy (non-hydrogen) atoms. The third-order valence-electron chi connectivity index (χ3n) is 8.38. The van der Waals surface area contributed by atoms with Crippen LogP contribution in [0.2, 0.25) is 0 Å². The van der Waals surface area contributed by atoms with E-state index in [-0.39, 0.29) is 21.1 Å². The number of rotatable bonds is 5. The van der Waals surface area contributed by atoms with Crippen LogP contribution < -0.4 is 4.74 Å². The Hall–Kier alpha value is -4.40. The molecule has 0 saturated heterocycles. The standard InChI is InChI=1S/C40H34N3O.Pt/c1-24-11-10-12-31(19-24)42-37-14-9-8-13-35(37)36-16-15-33(23-38(36)42)44-34-21-26(3)20-32(22-34)43-30(7)40(29(6)41-43)39-27(4)17-25(2)18-28(39)5;/h8-11,13-21H,1-7H3;/q-3;. The van der Waals surface area contributed by atoms with Crippen molar-refractivity contribution in [1.29, 1.82) is 0 Å². The molecule has 5 aromatic carbocycles. The van der Waals surface area contributed by atoms with E-state index < -0.39 is 0 Å². The Morgan fingerprint density at radius 2 is 1.36 bits per heavy atom. The topological polar surface area (TPSA) is 32.0 Å². The van der Waals surface area contributed by atoms with Crippen molar-refractivity contribution < 1.29 is 25.8 Å². The summed E-state index contributed by atoms with van der Waals surface area (Å²) < 4.78 is 10.7. The first kappa shape index (κ1) is 30.6. The summed E-state index contributed by atoms with van der Waals surface area (Å²) in [6, 6.07) is 37.8. The third kappa shape index (κ3) is 5.42. The summed E-state index contributed by atoms with van der Waals surface area (Å²) in [5.74, 6) is 1.25. The maximum atomic E-state index is 6.48. The minimum Gasteiger partial charge on any atom is -0.509 e. The molecular weight excluding hydrogens is 734 g/mol. The average molecular weight is 768 g/mol. The van der Waals surface area contributed by atoms with Gasteiger partial charge in [-0.15, -0.1) is 41.8 Å². The number of ether oxygens (including phenoxy) is 1. The Morgan fingerprint density at radius 1 is 0.644 bits per heavy atom. The van der Waals surface area contributed by atoms with E-state index in [2.05, 4.69) is 132 Å². The number of nitrogens with zero attached hydrogens (tertiary/aromatic N) is 3. The molecule has 0 bridgehead atoms. The molecule has 0 atom stereocenters. The van der Waals surface area contributed by atoms with Crippen LogP contribution in [0.1, 0.15) is 39.2 Å². The van der Waals surface area contributed by atoms with Gasteiger partial charge in [0.2, 0.25) is 0 Å². The summed E-state index contributed by atoms with van der Waals surface area (Å²) in [4.78, 5) is 0. The average Bonchev–Trinajstić information content (AvgIpc) is 3.45. The van der Waals surface area contributed by atoms with Gasteiger partial charge in [0.25, 0.3) is 0 Å². The van der Waals surface area contributed by atoms with E-state index in [9.17, 15) is 0 Å². The van der Waals surface area contributed by atoms with E-state index in [1.165, 1.54) is 38.8 Å². The Balaban J connectivity index is 0.00000357. The number of fused-ring (bicyclic) bond motifs is 3. The molecule has 0 fully saturated rings. The number of aromatic nitrogens is 3. The minimum atomic E-state index is 0. The molecule has 0 amide bonds. The first-order chi connectivity index (χ1) is 21.2. The molecule has 7 aromatic rings. The molecule has 7 rings (SSSR count). The Bertz CT molecular complexity index is 2210. The second-order valence-electron chi connectivity index (χ2n) is 11.9. The molecule has 2 aromatic heterocycles. The second-order valence-corrected chi connectivity index (χ2v) is 11.9. The maximum absolute atomic E-state index is 6.48. The van der Waals surface area contributed by atoms with Crippen molar-refractivity contribution in [2.24, 2.45) is 0 Å². The molecule has 4 nitrogen and oxygen atoms in total. The van der Waals surface area contributed by atoms with Gasteiger partial charge in [-0.2, -0.15) is 40.5 Å². The summed E-state index contributed by atoms with van der Waals surface area (Å²) in [5.41, 5.74) is 14.4. The maximum Gasteiger partial charge on any atom is 0.0678 e. The Labute approximate surface area is 279 Å². The predicted octanol–water partition coefficient (Wildman–Crippen LogP) is 9.99. The van der Waals surface area contributed by atoms with Gasteiger partial charge in [-0.3, -0.25) is 4.68 Å². The van der Waals surface area contributed by atoms with Crippen LogP contribution in [0.15, 0.2) is 78.9 Å². The van der Waals surface area contributed by atoms with Crippen molar-refractivity contribution in [3.8, 4) is 34.0 Å². The van der Waals surface area contributed by atoms with Crippen molar-refractivity contribution >= 4 is 21.8 Å². The van der Waals surface area contributed by atoms with Gasteiger partial charge in [0.15, 0.2) is 0 Å². The SMILES string of the molecule is Cc1cc(Oc2[c-]c3c(cc2)c2ccccc2n3-c2[c-]ccc(C)c2)[c-]c(-n2nc(C)c(-c3c(C)cc(C)cc3C)c2C)c1.[Pt]. The van der Waals surface area contributed by atoms with Crippen molar-refractivity contribution in [1.82, 2.24) is 14.3 Å². The van der Waals surface area contributed by atoms with Gasteiger partial charge < -0.3 is 9.30 Å². The first-order valence-electron chi connectivity index (χ1n) is 15.0. The molecule has 5 heteroatoms. The number of benzene rings is 5. The van der Waals surface area contributed by atoms with Gasteiger partial charge in [-0.25, -0.2) is 0 Å². The van der Waals surface area contributed by atoms with Crippen molar-refractivity contribution in [2.45, 2.75) is 48.5 Å².